The van der Waals surface area contributed by atoms with E-state index in [1.165, 1.54) is 11.7 Å². The number of rotatable bonds is 10. The molecule has 2 heterocycles. The van der Waals surface area contributed by atoms with Gasteiger partial charge in [-0.3, -0.25) is 24.0 Å². The van der Waals surface area contributed by atoms with Gasteiger partial charge in [0, 0.05) is 20.2 Å². The molecular formula is C20H29N5O7. The molecule has 0 atom stereocenters. The predicted octanol–water partition coefficient (Wildman–Crippen LogP) is 0.470. The standard InChI is InChI=1S/C20H29N5O7/c1-6-13-15(12(4)32-23-13)19(28)31-10-14(26)24(7-8-30-5)16-17(21)25(9-11(2)3)20(29)22-18(16)27/h11H,6-10,21H2,1-5H3,(H,22,27,29). The maximum atomic E-state index is 12.9. The zero-order valence-electron chi connectivity index (χ0n) is 18.9. The number of nitrogens with two attached hydrogens (primary N) is 1. The number of nitrogens with one attached hydrogen (secondary N) is 1. The molecule has 0 aromatic carbocycles. The van der Waals surface area contributed by atoms with Crippen molar-refractivity contribution in [3.8, 4) is 0 Å². The quantitative estimate of drug-likeness (QED) is 0.489. The minimum atomic E-state index is -0.827. The summed E-state index contributed by atoms with van der Waals surface area (Å²) < 4.78 is 16.4. The summed E-state index contributed by atoms with van der Waals surface area (Å²) in [6, 6.07) is 0. The molecule has 32 heavy (non-hydrogen) atoms. The SMILES string of the molecule is CCc1noc(C)c1C(=O)OCC(=O)N(CCOC)c1c(N)n(CC(C)C)c(=O)[nH]c1=O. The van der Waals surface area contributed by atoms with Crippen molar-refractivity contribution in [2.45, 2.75) is 40.7 Å². The first-order chi connectivity index (χ1) is 15.1. The number of aryl methyl sites for hydroxylation is 2. The van der Waals surface area contributed by atoms with Crippen molar-refractivity contribution in [2.24, 2.45) is 5.92 Å². The molecule has 0 spiro atoms. The maximum Gasteiger partial charge on any atom is 0.344 e. The number of aromatic nitrogens is 3. The molecule has 12 heteroatoms. The Morgan fingerprint density at radius 2 is 2.00 bits per heavy atom. The predicted molar refractivity (Wildman–Crippen MR) is 116 cm³/mol. The fourth-order valence-electron chi connectivity index (χ4n) is 3.13. The topological polar surface area (TPSA) is 163 Å². The summed E-state index contributed by atoms with van der Waals surface area (Å²) in [6.07, 6.45) is 0.443. The average Bonchev–Trinajstić information content (AvgIpc) is 3.11. The highest BCUT2D eigenvalue weighted by Gasteiger charge is 2.27. The Bertz CT molecular complexity index is 1080. The number of esters is 1. The number of nitrogens with zero attached hydrogens (tertiary/aromatic N) is 3. The fourth-order valence-corrected chi connectivity index (χ4v) is 3.13. The summed E-state index contributed by atoms with van der Waals surface area (Å²) in [5.74, 6) is -1.32. The van der Waals surface area contributed by atoms with Gasteiger partial charge >= 0.3 is 11.7 Å². The van der Waals surface area contributed by atoms with Gasteiger partial charge in [0.05, 0.1) is 12.3 Å². The van der Waals surface area contributed by atoms with Crippen LogP contribution in [0.25, 0.3) is 0 Å². The van der Waals surface area contributed by atoms with Gasteiger partial charge in [-0.05, 0) is 19.3 Å². The number of H-pyrrole nitrogens is 1. The average molecular weight is 451 g/mol. The highest BCUT2D eigenvalue weighted by Crippen LogP contribution is 2.19. The van der Waals surface area contributed by atoms with Crippen molar-refractivity contribution in [3.63, 3.8) is 0 Å². The van der Waals surface area contributed by atoms with Gasteiger partial charge in [0.15, 0.2) is 12.3 Å². The first kappa shape index (κ1) is 24.9. The molecule has 3 N–H and O–H groups in total. The van der Waals surface area contributed by atoms with Crippen LogP contribution in [-0.2, 0) is 27.2 Å². The van der Waals surface area contributed by atoms with Gasteiger partial charge in [-0.15, -0.1) is 0 Å². The van der Waals surface area contributed by atoms with Crippen molar-refractivity contribution in [2.75, 3.05) is 37.5 Å². The monoisotopic (exact) mass is 451 g/mol. The lowest BCUT2D eigenvalue weighted by Crippen LogP contribution is -2.44. The first-order valence-electron chi connectivity index (χ1n) is 10.2. The number of nitrogen functional groups attached to an aromatic ring is 1. The molecule has 0 bridgehead atoms. The number of anilines is 2. The minimum Gasteiger partial charge on any atom is -0.452 e. The molecule has 0 aliphatic rings. The van der Waals surface area contributed by atoms with Crippen LogP contribution in [-0.4, -0.2) is 53.5 Å². The zero-order chi connectivity index (χ0) is 24.0. The smallest absolute Gasteiger partial charge is 0.344 e. The maximum absolute atomic E-state index is 12.9. The van der Waals surface area contributed by atoms with E-state index in [1.54, 1.807) is 13.8 Å². The first-order valence-corrected chi connectivity index (χ1v) is 10.2. The van der Waals surface area contributed by atoms with Gasteiger partial charge in [0.25, 0.3) is 11.5 Å². The lowest BCUT2D eigenvalue weighted by Gasteiger charge is -2.24. The summed E-state index contributed by atoms with van der Waals surface area (Å²) in [7, 11) is 1.43. The van der Waals surface area contributed by atoms with Crippen molar-refractivity contribution in [3.05, 3.63) is 37.9 Å². The highest BCUT2D eigenvalue weighted by molar-refractivity contribution is 5.99. The van der Waals surface area contributed by atoms with Crippen LogP contribution in [0.5, 0.6) is 0 Å². The second kappa shape index (κ2) is 10.8. The van der Waals surface area contributed by atoms with Crippen LogP contribution in [0.15, 0.2) is 14.1 Å². The third kappa shape index (κ3) is 5.44. The molecule has 0 aliphatic carbocycles. The third-order valence-corrected chi connectivity index (χ3v) is 4.65. The van der Waals surface area contributed by atoms with E-state index in [9.17, 15) is 19.2 Å². The van der Waals surface area contributed by atoms with Gasteiger partial charge in [-0.25, -0.2) is 9.59 Å². The highest BCUT2D eigenvalue weighted by atomic mass is 16.5. The minimum absolute atomic E-state index is 0.0491. The molecule has 0 unspecified atom stereocenters. The second-order valence-electron chi connectivity index (χ2n) is 7.53. The number of methoxy groups -OCH3 is 1. The van der Waals surface area contributed by atoms with Gasteiger partial charge in [0.1, 0.15) is 17.1 Å². The largest absolute Gasteiger partial charge is 0.452 e. The van der Waals surface area contributed by atoms with Crippen LogP contribution < -0.4 is 21.9 Å². The Hall–Kier alpha value is -3.41. The van der Waals surface area contributed by atoms with Crippen LogP contribution in [0.3, 0.4) is 0 Å². The molecule has 176 valence electrons. The molecule has 1 amide bonds. The van der Waals surface area contributed by atoms with Crippen molar-refractivity contribution >= 4 is 23.4 Å². The number of hydrogen-bond donors (Lipinski definition) is 2. The number of aromatic amines is 1. The summed E-state index contributed by atoms with van der Waals surface area (Å²) >= 11 is 0. The van der Waals surface area contributed by atoms with Crippen molar-refractivity contribution in [1.29, 1.82) is 0 Å². The van der Waals surface area contributed by atoms with E-state index in [-0.39, 0.29) is 48.4 Å². The number of ether oxygens (including phenoxy) is 2. The second-order valence-corrected chi connectivity index (χ2v) is 7.53. The number of carbonyl (C=O) groups is 2. The number of amides is 1. The molecule has 2 aromatic heterocycles. The number of hydrogen-bond acceptors (Lipinski definition) is 9. The lowest BCUT2D eigenvalue weighted by molar-refractivity contribution is -0.121. The summed E-state index contributed by atoms with van der Waals surface area (Å²) in [5, 5.41) is 3.79. The van der Waals surface area contributed by atoms with E-state index < -0.39 is 29.7 Å². The molecule has 0 aliphatic heterocycles. The molecule has 0 saturated carbocycles. The Morgan fingerprint density at radius 3 is 2.59 bits per heavy atom. The van der Waals surface area contributed by atoms with E-state index in [4.69, 9.17) is 19.7 Å². The Balaban J connectivity index is 2.35. The van der Waals surface area contributed by atoms with E-state index in [1.807, 2.05) is 13.8 Å². The molecule has 12 nitrogen and oxygen atoms in total. The van der Waals surface area contributed by atoms with Crippen LogP contribution in [0, 0.1) is 12.8 Å². The van der Waals surface area contributed by atoms with Crippen LogP contribution in [0.2, 0.25) is 0 Å². The summed E-state index contributed by atoms with van der Waals surface area (Å²) in [4.78, 5) is 53.4. The zero-order valence-corrected chi connectivity index (χ0v) is 18.9. The van der Waals surface area contributed by atoms with E-state index in [0.29, 0.717) is 12.1 Å². The lowest BCUT2D eigenvalue weighted by atomic mass is 10.1. The molecule has 0 fully saturated rings. The molecule has 2 aromatic rings. The Kier molecular flexibility index (Phi) is 8.35. The van der Waals surface area contributed by atoms with E-state index >= 15 is 0 Å². The van der Waals surface area contributed by atoms with Crippen LogP contribution in [0.1, 0.15) is 42.6 Å². The molecular weight excluding hydrogens is 422 g/mol. The molecule has 0 saturated heterocycles. The third-order valence-electron chi connectivity index (χ3n) is 4.65. The van der Waals surface area contributed by atoms with E-state index in [0.717, 1.165) is 4.90 Å². The Morgan fingerprint density at radius 1 is 1.31 bits per heavy atom. The van der Waals surface area contributed by atoms with Crippen LogP contribution >= 0.6 is 0 Å². The number of carbonyl (C=O) groups excluding carboxylic acids is 2. The van der Waals surface area contributed by atoms with Crippen molar-refractivity contribution < 1.29 is 23.6 Å². The van der Waals surface area contributed by atoms with E-state index in [2.05, 4.69) is 10.1 Å². The van der Waals surface area contributed by atoms with Gasteiger partial charge < -0.3 is 19.7 Å². The molecule has 2 rings (SSSR count). The van der Waals surface area contributed by atoms with Crippen LogP contribution in [0.4, 0.5) is 11.5 Å². The van der Waals surface area contributed by atoms with Gasteiger partial charge in [-0.2, -0.15) is 0 Å². The fraction of sp³-hybridized carbons (Fsp3) is 0.550. The Labute approximate surface area is 184 Å². The van der Waals surface area contributed by atoms with Gasteiger partial charge in [0.2, 0.25) is 0 Å². The van der Waals surface area contributed by atoms with Gasteiger partial charge in [-0.1, -0.05) is 25.9 Å². The normalized spacial score (nSPS) is 11.1. The summed E-state index contributed by atoms with van der Waals surface area (Å²) in [6.45, 7) is 6.71. The van der Waals surface area contributed by atoms with Crippen molar-refractivity contribution in [1.82, 2.24) is 14.7 Å². The summed E-state index contributed by atoms with van der Waals surface area (Å²) in [5.41, 5.74) is 4.98. The molecule has 0 radical (unpaired) electrons.